The number of nitrogens with two attached hydrogens (primary N) is 1. The number of hydrogen-bond donors (Lipinski definition) is 3. The summed E-state index contributed by atoms with van der Waals surface area (Å²) in [4.78, 5) is 46.2. The maximum absolute atomic E-state index is 12.3. The van der Waals surface area contributed by atoms with E-state index >= 15 is 0 Å². The lowest BCUT2D eigenvalue weighted by molar-refractivity contribution is -0.123. The Labute approximate surface area is 153 Å². The molecule has 4 N–H and O–H groups in total. The first kappa shape index (κ1) is 18.9. The molecule has 2 aromatic rings. The van der Waals surface area contributed by atoms with Crippen LogP contribution in [0.2, 0.25) is 5.02 Å². The fraction of sp³-hybridized carbons (Fsp3) is 0.0588. The Kier molecular flexibility index (Phi) is 6.29. The van der Waals surface area contributed by atoms with Crippen molar-refractivity contribution in [1.82, 2.24) is 5.32 Å². The Morgan fingerprint density at radius 2 is 1.65 bits per heavy atom. The van der Waals surface area contributed by atoms with Gasteiger partial charge in [0, 0.05) is 10.6 Å². The molecule has 2 rings (SSSR count). The van der Waals surface area contributed by atoms with Crippen LogP contribution in [0.15, 0.2) is 48.5 Å². The van der Waals surface area contributed by atoms with E-state index in [0.717, 1.165) is 0 Å². The summed E-state index contributed by atoms with van der Waals surface area (Å²) in [6.45, 7) is -0.693. The third-order valence-corrected chi connectivity index (χ3v) is 3.35. The second kappa shape index (κ2) is 8.63. The van der Waals surface area contributed by atoms with Crippen LogP contribution in [0.5, 0.6) is 0 Å². The molecule has 0 unspecified atom stereocenters. The number of imide groups is 1. The highest BCUT2D eigenvalue weighted by molar-refractivity contribution is 6.30. The van der Waals surface area contributed by atoms with Crippen molar-refractivity contribution in [3.05, 3.63) is 64.7 Å². The molecule has 0 saturated heterocycles. The molecule has 134 valence electrons. The largest absolute Gasteiger partial charge is 0.452 e. The number of nitrogens with one attached hydrogen (secondary N) is 2. The smallest absolute Gasteiger partial charge is 0.340 e. The molecule has 0 spiro atoms. The number of amides is 4. The molecule has 0 aliphatic carbocycles. The quantitative estimate of drug-likeness (QED) is 0.688. The van der Waals surface area contributed by atoms with Crippen LogP contribution in [0.1, 0.15) is 20.7 Å². The maximum atomic E-state index is 12.3. The standard InChI is InChI=1S/C17H14ClN3O5/c18-11-7-5-10(6-8-11)15(23)20-13-4-2-1-3-12(13)16(24)26-9-14(22)21-17(19)25/h1-8H,9H2,(H,20,23)(H3,19,21,22,25). The highest BCUT2D eigenvalue weighted by atomic mass is 35.5. The molecule has 0 saturated carbocycles. The highest BCUT2D eigenvalue weighted by Crippen LogP contribution is 2.18. The first-order valence-electron chi connectivity index (χ1n) is 7.29. The number of halogens is 1. The second-order valence-corrected chi connectivity index (χ2v) is 5.43. The topological polar surface area (TPSA) is 128 Å². The van der Waals surface area contributed by atoms with Gasteiger partial charge in [0.15, 0.2) is 6.61 Å². The van der Waals surface area contributed by atoms with Crippen molar-refractivity contribution >= 4 is 41.1 Å². The predicted octanol–water partition coefficient (Wildman–Crippen LogP) is 1.94. The van der Waals surface area contributed by atoms with E-state index in [0.29, 0.717) is 10.6 Å². The minimum atomic E-state index is -1.05. The Bertz CT molecular complexity index is 852. The molecule has 0 aromatic heterocycles. The van der Waals surface area contributed by atoms with E-state index in [1.54, 1.807) is 29.6 Å². The molecule has 26 heavy (non-hydrogen) atoms. The summed E-state index contributed by atoms with van der Waals surface area (Å²) in [6.07, 6.45) is 0. The zero-order valence-electron chi connectivity index (χ0n) is 13.3. The SMILES string of the molecule is NC(=O)NC(=O)COC(=O)c1ccccc1NC(=O)c1ccc(Cl)cc1. The molecule has 2 aromatic carbocycles. The maximum Gasteiger partial charge on any atom is 0.340 e. The first-order chi connectivity index (χ1) is 12.4. The second-order valence-electron chi connectivity index (χ2n) is 5.00. The average molecular weight is 376 g/mol. The number of urea groups is 1. The van der Waals surface area contributed by atoms with E-state index in [2.05, 4.69) is 5.32 Å². The molecule has 0 atom stereocenters. The van der Waals surface area contributed by atoms with Gasteiger partial charge in [-0.25, -0.2) is 9.59 Å². The van der Waals surface area contributed by atoms with Gasteiger partial charge in [0.25, 0.3) is 11.8 Å². The number of benzene rings is 2. The zero-order chi connectivity index (χ0) is 19.1. The van der Waals surface area contributed by atoms with Crippen LogP contribution in [-0.4, -0.2) is 30.4 Å². The van der Waals surface area contributed by atoms with Crippen LogP contribution in [0.25, 0.3) is 0 Å². The van der Waals surface area contributed by atoms with Gasteiger partial charge in [-0.2, -0.15) is 0 Å². The molecule has 0 fully saturated rings. The summed E-state index contributed by atoms with van der Waals surface area (Å²) < 4.78 is 4.81. The van der Waals surface area contributed by atoms with Crippen molar-refractivity contribution in [3.63, 3.8) is 0 Å². The number of primary amides is 1. The Morgan fingerprint density at radius 1 is 1.00 bits per heavy atom. The van der Waals surface area contributed by atoms with Crippen molar-refractivity contribution < 1.29 is 23.9 Å². The van der Waals surface area contributed by atoms with E-state index < -0.39 is 30.4 Å². The minimum absolute atomic E-state index is 0.0432. The van der Waals surface area contributed by atoms with Crippen LogP contribution in [-0.2, 0) is 9.53 Å². The summed E-state index contributed by atoms with van der Waals surface area (Å²) in [5, 5.41) is 4.84. The monoisotopic (exact) mass is 375 g/mol. The minimum Gasteiger partial charge on any atom is -0.452 e. The molecule has 0 aliphatic rings. The van der Waals surface area contributed by atoms with Gasteiger partial charge in [-0.1, -0.05) is 23.7 Å². The number of hydrogen-bond acceptors (Lipinski definition) is 5. The Hall–Kier alpha value is -3.39. The third-order valence-electron chi connectivity index (χ3n) is 3.10. The molecule has 0 bridgehead atoms. The van der Waals surface area contributed by atoms with E-state index in [9.17, 15) is 19.2 Å². The molecular weight excluding hydrogens is 362 g/mol. The number of esters is 1. The predicted molar refractivity (Wildman–Crippen MR) is 93.9 cm³/mol. The molecule has 4 amide bonds. The Morgan fingerprint density at radius 3 is 2.31 bits per heavy atom. The zero-order valence-corrected chi connectivity index (χ0v) is 14.1. The molecule has 0 radical (unpaired) electrons. The van der Waals surface area contributed by atoms with Crippen LogP contribution < -0.4 is 16.4 Å². The van der Waals surface area contributed by atoms with Gasteiger partial charge in [-0.3, -0.25) is 14.9 Å². The molecule has 8 nitrogen and oxygen atoms in total. The van der Waals surface area contributed by atoms with Gasteiger partial charge in [0.2, 0.25) is 0 Å². The molecule has 0 heterocycles. The lowest BCUT2D eigenvalue weighted by atomic mass is 10.1. The molecule has 0 aliphatic heterocycles. The van der Waals surface area contributed by atoms with Gasteiger partial charge in [-0.05, 0) is 36.4 Å². The number of carbonyl (C=O) groups is 4. The van der Waals surface area contributed by atoms with Crippen molar-refractivity contribution in [3.8, 4) is 0 Å². The van der Waals surface area contributed by atoms with E-state index in [1.165, 1.54) is 24.3 Å². The van der Waals surface area contributed by atoms with Gasteiger partial charge >= 0.3 is 12.0 Å². The lowest BCUT2D eigenvalue weighted by Gasteiger charge is -2.11. The lowest BCUT2D eigenvalue weighted by Crippen LogP contribution is -2.37. The van der Waals surface area contributed by atoms with Crippen molar-refractivity contribution in [2.24, 2.45) is 5.73 Å². The number of rotatable bonds is 5. The molecular formula is C17H14ClN3O5. The summed E-state index contributed by atoms with van der Waals surface area (Å²) in [7, 11) is 0. The Balaban J connectivity index is 2.08. The van der Waals surface area contributed by atoms with Crippen molar-refractivity contribution in [2.75, 3.05) is 11.9 Å². The number of ether oxygens (including phenoxy) is 1. The fourth-order valence-corrected chi connectivity index (χ4v) is 2.07. The van der Waals surface area contributed by atoms with Crippen LogP contribution >= 0.6 is 11.6 Å². The molecule has 9 heteroatoms. The number of anilines is 1. The van der Waals surface area contributed by atoms with Crippen molar-refractivity contribution in [2.45, 2.75) is 0 Å². The van der Waals surface area contributed by atoms with Gasteiger partial charge in [0.1, 0.15) is 0 Å². The van der Waals surface area contributed by atoms with Gasteiger partial charge in [0.05, 0.1) is 11.3 Å². The number of para-hydroxylation sites is 1. The third kappa shape index (κ3) is 5.32. The fourth-order valence-electron chi connectivity index (χ4n) is 1.95. The van der Waals surface area contributed by atoms with Crippen molar-refractivity contribution in [1.29, 1.82) is 0 Å². The van der Waals surface area contributed by atoms with E-state index in [1.807, 2.05) is 0 Å². The first-order valence-corrected chi connectivity index (χ1v) is 7.67. The number of carbonyl (C=O) groups excluding carboxylic acids is 4. The summed E-state index contributed by atoms with van der Waals surface area (Å²) >= 11 is 5.78. The summed E-state index contributed by atoms with van der Waals surface area (Å²) in [5.74, 6) is -2.17. The summed E-state index contributed by atoms with van der Waals surface area (Å²) in [6, 6.07) is 11.3. The van der Waals surface area contributed by atoms with Crippen LogP contribution in [0.4, 0.5) is 10.5 Å². The van der Waals surface area contributed by atoms with Crippen LogP contribution in [0, 0.1) is 0 Å². The highest BCUT2D eigenvalue weighted by Gasteiger charge is 2.17. The van der Waals surface area contributed by atoms with Gasteiger partial charge in [-0.15, -0.1) is 0 Å². The summed E-state index contributed by atoms with van der Waals surface area (Å²) in [5.41, 5.74) is 5.38. The van der Waals surface area contributed by atoms with E-state index in [4.69, 9.17) is 22.1 Å². The van der Waals surface area contributed by atoms with Crippen LogP contribution in [0.3, 0.4) is 0 Å². The van der Waals surface area contributed by atoms with Gasteiger partial charge < -0.3 is 15.8 Å². The van der Waals surface area contributed by atoms with E-state index in [-0.39, 0.29) is 11.3 Å². The normalized spacial score (nSPS) is 9.88. The average Bonchev–Trinajstić information content (AvgIpc) is 2.60.